The predicted octanol–water partition coefficient (Wildman–Crippen LogP) is 7.96. The maximum Gasteiger partial charge on any atom is 0.0445 e. The molecule has 0 radical (unpaired) electrons. The maximum absolute atomic E-state index is 2.53. The van der Waals surface area contributed by atoms with Crippen LogP contribution in [-0.2, 0) is 19.3 Å². The van der Waals surface area contributed by atoms with Crippen molar-refractivity contribution in [1.29, 1.82) is 0 Å². The van der Waals surface area contributed by atoms with Crippen molar-refractivity contribution in [1.82, 2.24) is 0 Å². The quantitative estimate of drug-likeness (QED) is 0.223. The van der Waals surface area contributed by atoms with Crippen molar-refractivity contribution in [2.45, 2.75) is 96.3 Å². The summed E-state index contributed by atoms with van der Waals surface area (Å²) in [6.07, 6.45) is 3.86. The molecule has 1 atom stereocenters. The molecule has 0 heterocycles. The normalized spacial score (nSPS) is 13.3. The Morgan fingerprint density at radius 1 is 0.548 bits per heavy atom. The number of hydrogen-bond acceptors (Lipinski definition) is 0. The first-order valence-corrected chi connectivity index (χ1v) is 24.3. The topological polar surface area (TPSA) is 0 Å². The van der Waals surface area contributed by atoms with Gasteiger partial charge in [-0.1, -0.05) is 128 Å². The molecule has 0 aromatic heterocycles. The molecular formula is C27H47PSi3. The van der Waals surface area contributed by atoms with Crippen molar-refractivity contribution in [3.63, 3.8) is 0 Å². The smallest absolute Gasteiger partial charge is 0.0445 e. The van der Waals surface area contributed by atoms with Gasteiger partial charge in [-0.15, -0.1) is 0 Å². The van der Waals surface area contributed by atoms with Crippen LogP contribution in [0.3, 0.4) is 0 Å². The van der Waals surface area contributed by atoms with Crippen LogP contribution >= 0.6 is 8.58 Å². The van der Waals surface area contributed by atoms with Crippen molar-refractivity contribution < 1.29 is 0 Å². The molecule has 1 unspecified atom stereocenters. The van der Waals surface area contributed by atoms with Crippen LogP contribution in [0.4, 0.5) is 0 Å². The fourth-order valence-electron chi connectivity index (χ4n) is 3.88. The van der Waals surface area contributed by atoms with Crippen molar-refractivity contribution in [2.75, 3.05) is 0 Å². The highest BCUT2D eigenvalue weighted by Crippen LogP contribution is 2.28. The minimum atomic E-state index is -1.08. The number of aryl methyl sites for hydroxylation is 1. The average molecular weight is 487 g/mol. The van der Waals surface area contributed by atoms with Gasteiger partial charge in [0.15, 0.2) is 0 Å². The van der Waals surface area contributed by atoms with Crippen LogP contribution in [0.15, 0.2) is 42.5 Å². The van der Waals surface area contributed by atoms with Gasteiger partial charge < -0.3 is 0 Å². The highest BCUT2D eigenvalue weighted by atomic mass is 31.1. The summed E-state index contributed by atoms with van der Waals surface area (Å²) in [6, 6.07) is 20.4. The first-order valence-electron chi connectivity index (χ1n) is 12.2. The minimum absolute atomic E-state index is 0.779. The van der Waals surface area contributed by atoms with Gasteiger partial charge >= 0.3 is 0 Å². The average Bonchev–Trinajstić information content (AvgIpc) is 2.63. The molecular weight excluding hydrogens is 440 g/mol. The second kappa shape index (κ2) is 11.1. The van der Waals surface area contributed by atoms with Crippen LogP contribution in [-0.4, -0.2) is 24.2 Å². The van der Waals surface area contributed by atoms with E-state index in [1.165, 1.54) is 42.7 Å². The monoisotopic (exact) mass is 486 g/mol. The van der Waals surface area contributed by atoms with Crippen LogP contribution in [0.25, 0.3) is 0 Å². The molecule has 0 spiro atoms. The first kappa shape index (κ1) is 26.8. The fraction of sp³-hybridized carbons (Fsp3) is 0.556. The Labute approximate surface area is 198 Å². The lowest BCUT2D eigenvalue weighted by molar-refractivity contribution is 0.960. The molecule has 2 rings (SSSR count). The summed E-state index contributed by atoms with van der Waals surface area (Å²) < 4.78 is 0. The Morgan fingerprint density at radius 3 is 1.55 bits per heavy atom. The molecule has 0 amide bonds. The van der Waals surface area contributed by atoms with Crippen LogP contribution in [0.1, 0.15) is 16.7 Å². The molecule has 0 bridgehead atoms. The molecule has 0 aliphatic heterocycles. The molecule has 2 aromatic carbocycles. The summed E-state index contributed by atoms with van der Waals surface area (Å²) in [5, 5.41) is 3.09. The highest BCUT2D eigenvalue weighted by Gasteiger charge is 2.22. The zero-order chi connectivity index (χ0) is 23.3. The van der Waals surface area contributed by atoms with Crippen LogP contribution in [0.2, 0.25) is 77.1 Å². The minimum Gasteiger partial charge on any atom is -0.0695 e. The van der Waals surface area contributed by atoms with Crippen LogP contribution in [0.5, 0.6) is 0 Å². The first-order chi connectivity index (χ1) is 14.2. The Hall–Kier alpha value is -0.479. The molecule has 0 fully saturated rings. The summed E-state index contributed by atoms with van der Waals surface area (Å²) in [7, 11) is -2.43. The molecule has 0 saturated heterocycles. The standard InChI is InChI=1S/C27H47PSi3/c1-29(2,3)20-17-23-15-16-27(28-24-13-11-10-12-14-24)26(19-22-31(7,8)9)25(23)18-21-30(4,5)6/h10-16,28H,17-22H2,1-9H3. The van der Waals surface area contributed by atoms with E-state index in [4.69, 9.17) is 0 Å². The maximum atomic E-state index is 2.53. The Balaban J connectivity index is 2.50. The van der Waals surface area contributed by atoms with E-state index in [1.54, 1.807) is 22.0 Å². The van der Waals surface area contributed by atoms with Gasteiger partial charge in [0, 0.05) is 24.2 Å². The largest absolute Gasteiger partial charge is 0.0695 e. The van der Waals surface area contributed by atoms with Gasteiger partial charge in [-0.05, 0) is 46.6 Å². The molecule has 172 valence electrons. The Bertz CT molecular complexity index is 825. The van der Waals surface area contributed by atoms with Gasteiger partial charge in [0.05, 0.1) is 0 Å². The van der Waals surface area contributed by atoms with E-state index in [9.17, 15) is 0 Å². The second-order valence-corrected chi connectivity index (χ2v) is 31.1. The molecule has 0 N–H and O–H groups in total. The van der Waals surface area contributed by atoms with Crippen molar-refractivity contribution >= 4 is 43.4 Å². The molecule has 0 saturated carbocycles. The summed E-state index contributed by atoms with van der Waals surface area (Å²) in [4.78, 5) is 0. The van der Waals surface area contributed by atoms with Crippen LogP contribution < -0.4 is 10.6 Å². The van der Waals surface area contributed by atoms with Gasteiger partial charge in [-0.2, -0.15) is 0 Å². The van der Waals surface area contributed by atoms with Gasteiger partial charge in [0.2, 0.25) is 0 Å². The number of hydrogen-bond donors (Lipinski definition) is 0. The third-order valence-corrected chi connectivity index (χ3v) is 12.6. The molecule has 0 aliphatic carbocycles. The van der Waals surface area contributed by atoms with E-state index >= 15 is 0 Å². The zero-order valence-electron chi connectivity index (χ0n) is 21.8. The van der Waals surface area contributed by atoms with Gasteiger partial charge in [0.1, 0.15) is 0 Å². The van der Waals surface area contributed by atoms with E-state index in [1.807, 2.05) is 0 Å². The van der Waals surface area contributed by atoms with E-state index < -0.39 is 24.2 Å². The summed E-state index contributed by atoms with van der Waals surface area (Å²) in [5.74, 6) is 0. The van der Waals surface area contributed by atoms with Gasteiger partial charge in [-0.3, -0.25) is 0 Å². The van der Waals surface area contributed by atoms with Gasteiger partial charge in [0.25, 0.3) is 0 Å². The van der Waals surface area contributed by atoms with E-state index in [0.717, 1.165) is 8.58 Å². The molecule has 0 aliphatic rings. The summed E-state index contributed by atoms with van der Waals surface area (Å²) >= 11 is 0. The summed E-state index contributed by atoms with van der Waals surface area (Å²) in [5.41, 5.74) is 5.16. The highest BCUT2D eigenvalue weighted by molar-refractivity contribution is 7.55. The number of benzene rings is 2. The SMILES string of the molecule is C[Si](C)(C)CCc1ccc(Pc2ccccc2)c(CC[Si](C)(C)C)c1CC[Si](C)(C)C. The van der Waals surface area contributed by atoms with E-state index in [2.05, 4.69) is 101 Å². The van der Waals surface area contributed by atoms with E-state index in [-0.39, 0.29) is 0 Å². The molecule has 0 nitrogen and oxygen atoms in total. The molecule has 4 heteroatoms. The molecule has 31 heavy (non-hydrogen) atoms. The van der Waals surface area contributed by atoms with E-state index in [0.29, 0.717) is 0 Å². The Morgan fingerprint density at radius 2 is 1.03 bits per heavy atom. The lowest BCUT2D eigenvalue weighted by Crippen LogP contribution is -2.25. The van der Waals surface area contributed by atoms with Crippen molar-refractivity contribution in [3.8, 4) is 0 Å². The third kappa shape index (κ3) is 10.3. The molecule has 2 aromatic rings. The fourth-order valence-corrected chi connectivity index (χ4v) is 8.16. The lowest BCUT2D eigenvalue weighted by atomic mass is 9.95. The summed E-state index contributed by atoms with van der Waals surface area (Å²) in [6.45, 7) is 22.8. The second-order valence-electron chi connectivity index (χ2n) is 12.9. The van der Waals surface area contributed by atoms with Crippen molar-refractivity contribution in [3.05, 3.63) is 59.2 Å². The third-order valence-electron chi connectivity index (χ3n) is 5.98. The van der Waals surface area contributed by atoms with Gasteiger partial charge in [-0.25, -0.2) is 0 Å². The Kier molecular flexibility index (Phi) is 9.58. The predicted molar refractivity (Wildman–Crippen MR) is 156 cm³/mol. The lowest BCUT2D eigenvalue weighted by Gasteiger charge is -2.25. The van der Waals surface area contributed by atoms with Crippen molar-refractivity contribution in [2.24, 2.45) is 0 Å². The zero-order valence-corrected chi connectivity index (χ0v) is 25.8. The van der Waals surface area contributed by atoms with Crippen LogP contribution in [0, 0.1) is 0 Å². The number of rotatable bonds is 11.